The number of imidazole rings is 1. The van der Waals surface area contributed by atoms with Crippen LogP contribution in [0.1, 0.15) is 53.3 Å². The highest BCUT2D eigenvalue weighted by Gasteiger charge is 2.20. The van der Waals surface area contributed by atoms with Crippen molar-refractivity contribution in [2.24, 2.45) is 0 Å². The first-order valence-corrected chi connectivity index (χ1v) is 12.1. The van der Waals surface area contributed by atoms with Crippen LogP contribution in [0.25, 0.3) is 0 Å². The van der Waals surface area contributed by atoms with Crippen LogP contribution in [-0.2, 0) is 22.4 Å². The maximum absolute atomic E-state index is 13.0. The van der Waals surface area contributed by atoms with Gasteiger partial charge in [-0.1, -0.05) is 59.6 Å². The highest BCUT2D eigenvalue weighted by atomic mass is 35.5. The van der Waals surface area contributed by atoms with E-state index in [-0.39, 0.29) is 18.0 Å². The van der Waals surface area contributed by atoms with E-state index in [4.69, 9.17) is 32.7 Å². The van der Waals surface area contributed by atoms with Crippen molar-refractivity contribution >= 4 is 29.0 Å². The van der Waals surface area contributed by atoms with Gasteiger partial charge in [0.25, 0.3) is 0 Å². The van der Waals surface area contributed by atoms with Crippen LogP contribution >= 0.6 is 23.2 Å². The molecule has 4 rings (SSSR count). The first kappa shape index (κ1) is 24.0. The Labute approximate surface area is 204 Å². The summed E-state index contributed by atoms with van der Waals surface area (Å²) in [6, 6.07) is 15.4. The summed E-state index contributed by atoms with van der Waals surface area (Å²) in [5.41, 5.74) is 2.02. The molecule has 1 aliphatic heterocycles. The first-order chi connectivity index (χ1) is 16.1. The number of benzene rings is 2. The van der Waals surface area contributed by atoms with Crippen molar-refractivity contribution in [1.29, 1.82) is 0 Å². The molecule has 0 radical (unpaired) electrons. The third kappa shape index (κ3) is 6.67. The molecule has 0 bridgehead atoms. The summed E-state index contributed by atoms with van der Waals surface area (Å²) in [6.45, 7) is 1.89. The third-order valence-electron chi connectivity index (χ3n) is 5.91. The van der Waals surface area contributed by atoms with Crippen molar-refractivity contribution in [3.05, 3.63) is 87.9 Å². The highest BCUT2D eigenvalue weighted by Crippen LogP contribution is 2.30. The normalized spacial score (nSPS) is 17.1. The van der Waals surface area contributed by atoms with Crippen LogP contribution in [0.2, 0.25) is 10.0 Å². The van der Waals surface area contributed by atoms with Gasteiger partial charge in [0.1, 0.15) is 0 Å². The second-order valence-electron chi connectivity index (χ2n) is 8.31. The summed E-state index contributed by atoms with van der Waals surface area (Å²) in [5, 5.41) is 1.04. The summed E-state index contributed by atoms with van der Waals surface area (Å²) < 4.78 is 13.6. The van der Waals surface area contributed by atoms with Crippen LogP contribution in [0.15, 0.2) is 60.9 Å². The summed E-state index contributed by atoms with van der Waals surface area (Å²) in [5.74, 6) is 0.521. The number of carbonyl (C=O) groups excluding carboxylic acids is 1. The predicted octanol–water partition coefficient (Wildman–Crippen LogP) is 6.33. The summed E-state index contributed by atoms with van der Waals surface area (Å²) in [7, 11) is 0. The van der Waals surface area contributed by atoms with Crippen molar-refractivity contribution in [1.82, 2.24) is 9.55 Å². The van der Waals surface area contributed by atoms with E-state index >= 15 is 0 Å². The van der Waals surface area contributed by atoms with Gasteiger partial charge in [-0.2, -0.15) is 0 Å². The predicted molar refractivity (Wildman–Crippen MR) is 130 cm³/mol. The van der Waals surface area contributed by atoms with E-state index in [9.17, 15) is 4.79 Å². The average Bonchev–Trinajstić information content (AvgIpc) is 3.30. The Morgan fingerprint density at radius 2 is 2.00 bits per heavy atom. The molecular weight excluding hydrogens is 459 g/mol. The standard InChI is InChI=1S/C26H28Cl2N2O3/c27-22-10-9-20(17-23(22)28)21(11-15-33-25-8-4-5-14-32-25)18-30-13-12-29-26(30)24(31)16-19-6-2-1-3-7-19/h1-3,6-7,9-10,12-13,17,21,25H,4-5,8,11,14-16,18H2. The molecule has 3 aromatic rings. The Balaban J connectivity index is 1.48. The van der Waals surface area contributed by atoms with E-state index in [1.807, 2.05) is 59.3 Å². The van der Waals surface area contributed by atoms with Gasteiger partial charge in [-0.3, -0.25) is 4.79 Å². The van der Waals surface area contributed by atoms with Crippen molar-refractivity contribution in [2.45, 2.75) is 50.9 Å². The fourth-order valence-corrected chi connectivity index (χ4v) is 4.43. The molecule has 0 aliphatic carbocycles. The number of aromatic nitrogens is 2. The topological polar surface area (TPSA) is 53.4 Å². The Morgan fingerprint density at radius 3 is 2.76 bits per heavy atom. The van der Waals surface area contributed by atoms with Crippen LogP contribution < -0.4 is 0 Å². The molecule has 0 N–H and O–H groups in total. The number of rotatable bonds is 10. The molecule has 7 heteroatoms. The quantitative estimate of drug-likeness (QED) is 0.314. The van der Waals surface area contributed by atoms with Gasteiger partial charge in [0, 0.05) is 37.9 Å². The van der Waals surface area contributed by atoms with Crippen LogP contribution in [0, 0.1) is 0 Å². The van der Waals surface area contributed by atoms with Crippen LogP contribution in [0.3, 0.4) is 0 Å². The number of hydrogen-bond acceptors (Lipinski definition) is 4. The van der Waals surface area contributed by atoms with Crippen LogP contribution in [0.5, 0.6) is 0 Å². The molecule has 2 atom stereocenters. The van der Waals surface area contributed by atoms with Crippen molar-refractivity contribution < 1.29 is 14.3 Å². The summed E-state index contributed by atoms with van der Waals surface area (Å²) >= 11 is 12.5. The van der Waals surface area contributed by atoms with Crippen molar-refractivity contribution in [2.75, 3.05) is 13.2 Å². The maximum Gasteiger partial charge on any atom is 0.202 e. The smallest absolute Gasteiger partial charge is 0.202 e. The van der Waals surface area contributed by atoms with Gasteiger partial charge in [-0.25, -0.2) is 4.98 Å². The number of Topliss-reactive ketones (excluding diaryl/α,β-unsaturated/α-hetero) is 1. The zero-order valence-electron chi connectivity index (χ0n) is 18.5. The van der Waals surface area contributed by atoms with E-state index in [0.29, 0.717) is 35.4 Å². The lowest BCUT2D eigenvalue weighted by Gasteiger charge is -2.25. The zero-order chi connectivity index (χ0) is 23.0. The SMILES string of the molecule is O=C(Cc1ccccc1)c1nccn1CC(CCOC1CCCCO1)c1ccc(Cl)c(Cl)c1. The van der Waals surface area contributed by atoms with Gasteiger partial charge in [0.15, 0.2) is 12.1 Å². The summed E-state index contributed by atoms with van der Waals surface area (Å²) in [6.07, 6.45) is 7.61. The van der Waals surface area contributed by atoms with Gasteiger partial charge >= 0.3 is 0 Å². The van der Waals surface area contributed by atoms with Gasteiger partial charge in [-0.05, 0) is 48.9 Å². The van der Waals surface area contributed by atoms with Crippen LogP contribution in [-0.4, -0.2) is 34.8 Å². The Hall–Kier alpha value is -2.18. The number of halogens is 2. The summed E-state index contributed by atoms with van der Waals surface area (Å²) in [4.78, 5) is 17.3. The van der Waals surface area contributed by atoms with Crippen molar-refractivity contribution in [3.8, 4) is 0 Å². The minimum absolute atomic E-state index is 0.00839. The maximum atomic E-state index is 13.0. The fourth-order valence-electron chi connectivity index (χ4n) is 4.12. The lowest BCUT2D eigenvalue weighted by Crippen LogP contribution is -2.24. The fraction of sp³-hybridized carbons (Fsp3) is 0.385. The number of nitrogens with zero attached hydrogens (tertiary/aromatic N) is 2. The second kappa shape index (κ2) is 11.8. The number of hydrogen-bond donors (Lipinski definition) is 0. The largest absolute Gasteiger partial charge is 0.353 e. The molecule has 2 aromatic carbocycles. The molecule has 174 valence electrons. The molecular formula is C26H28Cl2N2O3. The van der Waals surface area contributed by atoms with Crippen LogP contribution in [0.4, 0.5) is 0 Å². The average molecular weight is 487 g/mol. The van der Waals surface area contributed by atoms with E-state index in [1.165, 1.54) is 0 Å². The minimum atomic E-state index is -0.135. The number of ketones is 1. The molecule has 0 spiro atoms. The lowest BCUT2D eigenvalue weighted by atomic mass is 9.95. The number of ether oxygens (including phenoxy) is 2. The molecule has 2 heterocycles. The molecule has 0 saturated carbocycles. The van der Waals surface area contributed by atoms with Gasteiger partial charge < -0.3 is 14.0 Å². The van der Waals surface area contributed by atoms with E-state index in [1.54, 1.807) is 6.20 Å². The molecule has 0 amide bonds. The Bertz CT molecular complexity index is 1050. The lowest BCUT2D eigenvalue weighted by molar-refractivity contribution is -0.163. The van der Waals surface area contributed by atoms with E-state index in [2.05, 4.69) is 4.98 Å². The molecule has 1 aromatic heterocycles. The van der Waals surface area contributed by atoms with Crippen molar-refractivity contribution in [3.63, 3.8) is 0 Å². The first-order valence-electron chi connectivity index (χ1n) is 11.4. The second-order valence-corrected chi connectivity index (χ2v) is 9.13. The monoisotopic (exact) mass is 486 g/mol. The molecule has 1 fully saturated rings. The Kier molecular flexibility index (Phi) is 8.57. The number of carbonyl (C=O) groups is 1. The molecule has 2 unspecified atom stereocenters. The molecule has 1 aliphatic rings. The Morgan fingerprint density at radius 1 is 1.15 bits per heavy atom. The third-order valence-corrected chi connectivity index (χ3v) is 6.65. The molecule has 5 nitrogen and oxygen atoms in total. The molecule has 33 heavy (non-hydrogen) atoms. The van der Waals surface area contributed by atoms with Gasteiger partial charge in [0.2, 0.25) is 5.78 Å². The van der Waals surface area contributed by atoms with E-state index in [0.717, 1.165) is 43.4 Å². The van der Waals surface area contributed by atoms with Gasteiger partial charge in [0.05, 0.1) is 16.7 Å². The van der Waals surface area contributed by atoms with Gasteiger partial charge in [-0.15, -0.1) is 0 Å². The van der Waals surface area contributed by atoms with E-state index < -0.39 is 0 Å². The molecule has 1 saturated heterocycles. The highest BCUT2D eigenvalue weighted by molar-refractivity contribution is 6.42. The zero-order valence-corrected chi connectivity index (χ0v) is 20.0. The minimum Gasteiger partial charge on any atom is -0.353 e.